The highest BCUT2D eigenvalue weighted by molar-refractivity contribution is 7.21. The minimum atomic E-state index is -0.541. The number of nitrogens with one attached hydrogen (secondary N) is 1. The summed E-state index contributed by atoms with van der Waals surface area (Å²) in [5.41, 5.74) is 3.38. The predicted molar refractivity (Wildman–Crippen MR) is 121 cm³/mol. The number of benzene rings is 3. The van der Waals surface area contributed by atoms with Crippen molar-refractivity contribution in [1.29, 1.82) is 0 Å². The van der Waals surface area contributed by atoms with Gasteiger partial charge in [-0.2, -0.15) is 5.10 Å². The van der Waals surface area contributed by atoms with Crippen LogP contribution in [0, 0.1) is 0 Å². The molecule has 2 N–H and O–H groups in total. The van der Waals surface area contributed by atoms with Crippen molar-refractivity contribution < 1.29 is 19.4 Å². The normalized spacial score (nSPS) is 11.0. The molecule has 1 amide bonds. The number of nitrogens with zero attached hydrogens (tertiary/aromatic N) is 1. The van der Waals surface area contributed by atoms with E-state index in [0.717, 1.165) is 10.1 Å². The fourth-order valence-corrected chi connectivity index (χ4v) is 4.18. The number of rotatable bonds is 5. The third-order valence-corrected chi connectivity index (χ3v) is 5.95. The van der Waals surface area contributed by atoms with Crippen LogP contribution in [0.3, 0.4) is 0 Å². The third kappa shape index (κ3) is 4.74. The highest BCUT2D eigenvalue weighted by Gasteiger charge is 2.19. The van der Waals surface area contributed by atoms with Crippen molar-refractivity contribution >= 4 is 51.1 Å². The lowest BCUT2D eigenvalue weighted by atomic mass is 10.2. The number of aromatic hydroxyl groups is 1. The summed E-state index contributed by atoms with van der Waals surface area (Å²) in [6.45, 7) is 0. The fourth-order valence-electron chi connectivity index (χ4n) is 2.80. The molecule has 0 atom stereocenters. The summed E-state index contributed by atoms with van der Waals surface area (Å²) in [6, 6.07) is 20.0. The molecule has 4 rings (SSSR count). The van der Waals surface area contributed by atoms with E-state index < -0.39 is 11.9 Å². The van der Waals surface area contributed by atoms with Gasteiger partial charge in [0.25, 0.3) is 5.91 Å². The fraction of sp³-hybridized carbons (Fsp3) is 0. The average molecular weight is 451 g/mol. The van der Waals surface area contributed by atoms with Gasteiger partial charge in [0.15, 0.2) is 0 Å². The monoisotopic (exact) mass is 450 g/mol. The first-order chi connectivity index (χ1) is 15.0. The van der Waals surface area contributed by atoms with Crippen LogP contribution in [0.25, 0.3) is 10.1 Å². The lowest BCUT2D eigenvalue weighted by molar-refractivity contribution is 0.0740. The minimum Gasteiger partial charge on any atom is -0.508 e. The summed E-state index contributed by atoms with van der Waals surface area (Å²) >= 11 is 7.62. The molecule has 0 aliphatic carbocycles. The maximum atomic E-state index is 12.6. The first-order valence-corrected chi connectivity index (χ1v) is 10.3. The summed E-state index contributed by atoms with van der Waals surface area (Å²) in [5.74, 6) is -0.560. The van der Waals surface area contributed by atoms with Crippen LogP contribution in [0.15, 0.2) is 77.9 Å². The summed E-state index contributed by atoms with van der Waals surface area (Å²) in [5, 5.41) is 14.4. The van der Waals surface area contributed by atoms with E-state index >= 15 is 0 Å². The lowest BCUT2D eigenvalue weighted by Crippen LogP contribution is -2.17. The van der Waals surface area contributed by atoms with Gasteiger partial charge in [0, 0.05) is 15.6 Å². The van der Waals surface area contributed by atoms with E-state index in [1.807, 2.05) is 24.3 Å². The van der Waals surface area contributed by atoms with Crippen molar-refractivity contribution in [3.8, 4) is 11.5 Å². The van der Waals surface area contributed by atoms with Crippen LogP contribution in [0.5, 0.6) is 11.5 Å². The molecule has 0 fully saturated rings. The Kier molecular flexibility index (Phi) is 5.97. The van der Waals surface area contributed by atoms with Gasteiger partial charge in [-0.3, -0.25) is 4.79 Å². The molecule has 4 aromatic rings. The van der Waals surface area contributed by atoms with Crippen molar-refractivity contribution in [3.63, 3.8) is 0 Å². The molecule has 1 heterocycles. The van der Waals surface area contributed by atoms with E-state index in [1.165, 1.54) is 41.8 Å². The van der Waals surface area contributed by atoms with Crippen LogP contribution in [-0.4, -0.2) is 23.2 Å². The number of hydrogen-bond acceptors (Lipinski definition) is 6. The van der Waals surface area contributed by atoms with Crippen LogP contribution < -0.4 is 10.2 Å². The van der Waals surface area contributed by atoms with Crippen LogP contribution in [0.2, 0.25) is 5.02 Å². The molecule has 8 heteroatoms. The summed E-state index contributed by atoms with van der Waals surface area (Å²) in [7, 11) is 0. The molecule has 3 aromatic carbocycles. The molecule has 0 aliphatic heterocycles. The van der Waals surface area contributed by atoms with Gasteiger partial charge >= 0.3 is 5.97 Å². The van der Waals surface area contributed by atoms with Crippen molar-refractivity contribution in [1.82, 2.24) is 5.43 Å². The first kappa shape index (κ1) is 20.6. The zero-order valence-electron chi connectivity index (χ0n) is 15.9. The maximum absolute atomic E-state index is 12.6. The standard InChI is InChI=1S/C23H15ClN2O4S/c24-20-18-6-1-2-7-19(18)31-21(20)23(29)30-17-5-3-4-14(12-17)13-25-26-22(28)15-8-10-16(27)11-9-15/h1-13,27H,(H,26,28). The number of hydrazone groups is 1. The van der Waals surface area contributed by atoms with Crippen molar-refractivity contribution in [2.75, 3.05) is 0 Å². The summed E-state index contributed by atoms with van der Waals surface area (Å²) in [6.07, 6.45) is 1.43. The quantitative estimate of drug-likeness (QED) is 0.188. The molecule has 0 unspecified atom stereocenters. The van der Waals surface area contributed by atoms with Crippen molar-refractivity contribution in [3.05, 3.63) is 93.8 Å². The second-order valence-corrected chi connectivity index (χ2v) is 7.88. The molecule has 0 saturated heterocycles. The van der Waals surface area contributed by atoms with E-state index in [4.69, 9.17) is 16.3 Å². The summed E-state index contributed by atoms with van der Waals surface area (Å²) in [4.78, 5) is 25.0. The van der Waals surface area contributed by atoms with E-state index in [1.54, 1.807) is 24.3 Å². The van der Waals surface area contributed by atoms with E-state index in [0.29, 0.717) is 26.8 Å². The number of carbonyl (C=O) groups is 2. The topological polar surface area (TPSA) is 88.0 Å². The number of hydrogen-bond donors (Lipinski definition) is 2. The first-order valence-electron chi connectivity index (χ1n) is 9.13. The van der Waals surface area contributed by atoms with Crippen LogP contribution >= 0.6 is 22.9 Å². The SMILES string of the molecule is O=C(NN=Cc1cccc(OC(=O)c2sc3ccccc3c2Cl)c1)c1ccc(O)cc1. The predicted octanol–water partition coefficient (Wildman–Crippen LogP) is 5.24. The number of phenols is 1. The third-order valence-electron chi connectivity index (χ3n) is 4.30. The number of halogens is 1. The number of amides is 1. The molecule has 6 nitrogen and oxygen atoms in total. The van der Waals surface area contributed by atoms with Gasteiger partial charge in [0.1, 0.15) is 16.4 Å². The van der Waals surface area contributed by atoms with Crippen molar-refractivity contribution in [2.24, 2.45) is 5.10 Å². The molecular formula is C23H15ClN2O4S. The van der Waals surface area contributed by atoms with Gasteiger partial charge < -0.3 is 9.84 Å². The minimum absolute atomic E-state index is 0.0725. The number of thiophene rings is 1. The van der Waals surface area contributed by atoms with E-state index in [2.05, 4.69) is 10.5 Å². The Labute approximate surface area is 186 Å². The molecule has 31 heavy (non-hydrogen) atoms. The number of carbonyl (C=O) groups excluding carboxylic acids is 2. The molecule has 154 valence electrons. The average Bonchev–Trinajstić information content (AvgIpc) is 3.11. The van der Waals surface area contributed by atoms with Gasteiger partial charge in [0.05, 0.1) is 11.2 Å². The van der Waals surface area contributed by atoms with Crippen molar-refractivity contribution in [2.45, 2.75) is 0 Å². The van der Waals surface area contributed by atoms with Crippen LogP contribution in [0.4, 0.5) is 0 Å². The zero-order valence-corrected chi connectivity index (χ0v) is 17.5. The largest absolute Gasteiger partial charge is 0.508 e. The van der Waals surface area contributed by atoms with Gasteiger partial charge in [-0.15, -0.1) is 11.3 Å². The zero-order chi connectivity index (χ0) is 21.8. The Morgan fingerprint density at radius 3 is 2.58 bits per heavy atom. The van der Waals surface area contributed by atoms with Crippen LogP contribution in [-0.2, 0) is 0 Å². The number of fused-ring (bicyclic) bond motifs is 1. The maximum Gasteiger partial charge on any atom is 0.355 e. The van der Waals surface area contributed by atoms with E-state index in [-0.39, 0.29) is 5.75 Å². The Bertz CT molecular complexity index is 1300. The Morgan fingerprint density at radius 1 is 1.03 bits per heavy atom. The van der Waals surface area contributed by atoms with Gasteiger partial charge in [-0.05, 0) is 48.0 Å². The molecule has 0 spiro atoms. The van der Waals surface area contributed by atoms with Gasteiger partial charge in [-0.25, -0.2) is 10.2 Å². The second kappa shape index (κ2) is 8.99. The number of phenolic OH excluding ortho intramolecular Hbond substituents is 1. The second-order valence-electron chi connectivity index (χ2n) is 6.45. The van der Waals surface area contributed by atoms with Crippen LogP contribution in [0.1, 0.15) is 25.6 Å². The summed E-state index contributed by atoms with van der Waals surface area (Å²) < 4.78 is 6.38. The highest BCUT2D eigenvalue weighted by Crippen LogP contribution is 2.35. The lowest BCUT2D eigenvalue weighted by Gasteiger charge is -2.04. The smallest absolute Gasteiger partial charge is 0.355 e. The van der Waals surface area contributed by atoms with E-state index in [9.17, 15) is 14.7 Å². The molecule has 0 radical (unpaired) electrons. The molecule has 0 bridgehead atoms. The molecule has 1 aromatic heterocycles. The molecule has 0 saturated carbocycles. The number of esters is 1. The highest BCUT2D eigenvalue weighted by atomic mass is 35.5. The van der Waals surface area contributed by atoms with Gasteiger partial charge in [-0.1, -0.05) is 41.9 Å². The van der Waals surface area contributed by atoms with Gasteiger partial charge in [0.2, 0.25) is 0 Å². The Morgan fingerprint density at radius 2 is 1.81 bits per heavy atom. The number of ether oxygens (including phenoxy) is 1. The molecular weight excluding hydrogens is 436 g/mol. The Balaban J connectivity index is 1.43. The molecule has 0 aliphatic rings. The Hall–Kier alpha value is -3.68.